The summed E-state index contributed by atoms with van der Waals surface area (Å²) in [5.74, 6) is -3.32. The van der Waals surface area contributed by atoms with Gasteiger partial charge in [0.15, 0.2) is 0 Å². The first-order valence-corrected chi connectivity index (χ1v) is 5.70. The van der Waals surface area contributed by atoms with Crippen LogP contribution in [0.4, 0.5) is 13.2 Å². The Morgan fingerprint density at radius 3 is 2.15 bits per heavy atom. The van der Waals surface area contributed by atoms with Crippen molar-refractivity contribution in [3.05, 3.63) is 23.8 Å². The number of nitrogens with one attached hydrogen (secondary N) is 1. The second kappa shape index (κ2) is 4.73. The van der Waals surface area contributed by atoms with Gasteiger partial charge in [-0.1, -0.05) is 0 Å². The van der Waals surface area contributed by atoms with E-state index in [4.69, 9.17) is 5.11 Å². The largest absolute Gasteiger partial charge is 0.480 e. The van der Waals surface area contributed by atoms with Gasteiger partial charge in [0.05, 0.1) is 5.56 Å². The molecule has 1 fully saturated rings. The zero-order valence-corrected chi connectivity index (χ0v) is 10.1. The molecule has 0 unspecified atom stereocenters. The molecule has 1 aliphatic carbocycles. The zero-order chi connectivity index (χ0) is 15.0. The van der Waals surface area contributed by atoms with Gasteiger partial charge in [0, 0.05) is 12.4 Å². The Labute approximate surface area is 111 Å². The molecule has 0 saturated heterocycles. The minimum Gasteiger partial charge on any atom is -0.480 e. The number of rotatable bonds is 3. The van der Waals surface area contributed by atoms with E-state index in [1.807, 2.05) is 0 Å². The van der Waals surface area contributed by atoms with E-state index in [1.54, 1.807) is 0 Å². The molecule has 2 rings (SSSR count). The van der Waals surface area contributed by atoms with Crippen molar-refractivity contribution in [1.29, 1.82) is 0 Å². The highest BCUT2D eigenvalue weighted by molar-refractivity contribution is 5.97. The topological polar surface area (TPSA) is 92.2 Å². The maximum absolute atomic E-state index is 12.3. The quantitative estimate of drug-likeness (QED) is 0.873. The van der Waals surface area contributed by atoms with Crippen LogP contribution in [-0.2, 0) is 11.0 Å². The summed E-state index contributed by atoms with van der Waals surface area (Å²) >= 11 is 0. The summed E-state index contributed by atoms with van der Waals surface area (Å²) in [5, 5.41) is 11.3. The lowest BCUT2D eigenvalue weighted by Crippen LogP contribution is -2.59. The number of hydrogen-bond acceptors (Lipinski definition) is 4. The van der Waals surface area contributed by atoms with Gasteiger partial charge in [0.25, 0.3) is 5.91 Å². The van der Waals surface area contributed by atoms with Gasteiger partial charge in [-0.15, -0.1) is 0 Å². The van der Waals surface area contributed by atoms with Gasteiger partial charge in [-0.25, -0.2) is 14.8 Å². The van der Waals surface area contributed by atoms with E-state index < -0.39 is 29.4 Å². The molecule has 0 radical (unpaired) electrons. The summed E-state index contributed by atoms with van der Waals surface area (Å²) in [4.78, 5) is 28.9. The molecule has 0 atom stereocenters. The van der Waals surface area contributed by atoms with Crippen LogP contribution in [0, 0.1) is 0 Å². The van der Waals surface area contributed by atoms with E-state index in [-0.39, 0.29) is 18.4 Å². The smallest absolute Gasteiger partial charge is 0.451 e. The van der Waals surface area contributed by atoms with Crippen molar-refractivity contribution in [2.24, 2.45) is 0 Å². The van der Waals surface area contributed by atoms with Crippen LogP contribution >= 0.6 is 0 Å². The number of amides is 1. The number of hydrogen-bond donors (Lipinski definition) is 2. The van der Waals surface area contributed by atoms with Gasteiger partial charge in [0.1, 0.15) is 5.54 Å². The summed E-state index contributed by atoms with van der Waals surface area (Å²) in [6.45, 7) is 0. The second-order valence-electron chi connectivity index (χ2n) is 4.49. The number of nitrogens with zero attached hydrogens (tertiary/aromatic N) is 2. The number of aromatic nitrogens is 2. The number of carbonyl (C=O) groups is 2. The molecular weight excluding hydrogens is 279 g/mol. The minimum atomic E-state index is -4.69. The number of carbonyl (C=O) groups excluding carboxylic acids is 1. The van der Waals surface area contributed by atoms with Crippen molar-refractivity contribution in [2.45, 2.75) is 31.0 Å². The Morgan fingerprint density at radius 2 is 1.80 bits per heavy atom. The molecule has 1 aliphatic rings. The summed E-state index contributed by atoms with van der Waals surface area (Å²) in [7, 11) is 0. The highest BCUT2D eigenvalue weighted by Crippen LogP contribution is 2.32. The second-order valence-corrected chi connectivity index (χ2v) is 4.49. The van der Waals surface area contributed by atoms with Gasteiger partial charge in [0.2, 0.25) is 5.82 Å². The van der Waals surface area contributed by atoms with Crippen LogP contribution in [-0.4, -0.2) is 32.5 Å². The van der Waals surface area contributed by atoms with E-state index in [0.717, 1.165) is 12.4 Å². The summed E-state index contributed by atoms with van der Waals surface area (Å²) in [6.07, 6.45) is -2.01. The first-order valence-electron chi connectivity index (χ1n) is 5.70. The normalized spacial score (nSPS) is 17.1. The fourth-order valence-corrected chi connectivity index (χ4v) is 1.80. The SMILES string of the molecule is O=C(NC1(C(=O)O)CCC1)c1cnc(C(F)(F)F)nc1. The van der Waals surface area contributed by atoms with Crippen LogP contribution < -0.4 is 5.32 Å². The summed E-state index contributed by atoms with van der Waals surface area (Å²) in [6, 6.07) is 0. The van der Waals surface area contributed by atoms with Gasteiger partial charge in [-0.2, -0.15) is 13.2 Å². The molecule has 1 saturated carbocycles. The number of alkyl halides is 3. The molecule has 2 N–H and O–H groups in total. The van der Waals surface area contributed by atoms with Crippen molar-refractivity contribution in [2.75, 3.05) is 0 Å². The fourth-order valence-electron chi connectivity index (χ4n) is 1.80. The van der Waals surface area contributed by atoms with Crippen LogP contribution in [0.2, 0.25) is 0 Å². The lowest BCUT2D eigenvalue weighted by atomic mass is 9.76. The van der Waals surface area contributed by atoms with Gasteiger partial charge in [-0.05, 0) is 19.3 Å². The van der Waals surface area contributed by atoms with E-state index in [9.17, 15) is 22.8 Å². The van der Waals surface area contributed by atoms with E-state index in [0.29, 0.717) is 6.42 Å². The lowest BCUT2D eigenvalue weighted by molar-refractivity contribution is -0.148. The minimum absolute atomic E-state index is 0.217. The number of aliphatic carboxylic acids is 1. The van der Waals surface area contributed by atoms with Crippen molar-refractivity contribution in [3.8, 4) is 0 Å². The summed E-state index contributed by atoms with van der Waals surface area (Å²) < 4.78 is 36.8. The Balaban J connectivity index is 2.12. The van der Waals surface area contributed by atoms with Gasteiger partial charge in [-0.3, -0.25) is 4.79 Å². The van der Waals surface area contributed by atoms with E-state index >= 15 is 0 Å². The Hall–Kier alpha value is -2.19. The van der Waals surface area contributed by atoms with Crippen LogP contribution in [0.3, 0.4) is 0 Å². The molecule has 0 spiro atoms. The Kier molecular flexibility index (Phi) is 3.36. The van der Waals surface area contributed by atoms with Crippen LogP contribution in [0.5, 0.6) is 0 Å². The lowest BCUT2D eigenvalue weighted by Gasteiger charge is -2.38. The monoisotopic (exact) mass is 289 g/mol. The maximum atomic E-state index is 12.3. The highest BCUT2D eigenvalue weighted by atomic mass is 19.4. The first-order chi connectivity index (χ1) is 9.24. The predicted molar refractivity (Wildman–Crippen MR) is 58.7 cm³/mol. The van der Waals surface area contributed by atoms with Crippen molar-refractivity contribution in [3.63, 3.8) is 0 Å². The van der Waals surface area contributed by atoms with Crippen molar-refractivity contribution >= 4 is 11.9 Å². The van der Waals surface area contributed by atoms with Crippen LogP contribution in [0.1, 0.15) is 35.4 Å². The third-order valence-corrected chi connectivity index (χ3v) is 3.14. The van der Waals surface area contributed by atoms with Gasteiger partial charge >= 0.3 is 12.1 Å². The van der Waals surface area contributed by atoms with Crippen molar-refractivity contribution in [1.82, 2.24) is 15.3 Å². The predicted octanol–water partition coefficient (Wildman–Crippen LogP) is 1.23. The summed E-state index contributed by atoms with van der Waals surface area (Å²) in [5.41, 5.74) is -1.55. The molecule has 1 aromatic rings. The molecule has 20 heavy (non-hydrogen) atoms. The third-order valence-electron chi connectivity index (χ3n) is 3.14. The molecule has 1 amide bonds. The fraction of sp³-hybridized carbons (Fsp3) is 0.455. The van der Waals surface area contributed by atoms with Crippen LogP contribution in [0.25, 0.3) is 0 Å². The molecule has 1 aromatic heterocycles. The van der Waals surface area contributed by atoms with Crippen molar-refractivity contribution < 1.29 is 27.9 Å². The number of carboxylic acids is 1. The molecule has 6 nitrogen and oxygen atoms in total. The number of carboxylic acid groups (broad SMARTS) is 1. The molecule has 1 heterocycles. The zero-order valence-electron chi connectivity index (χ0n) is 10.1. The van der Waals surface area contributed by atoms with E-state index in [2.05, 4.69) is 15.3 Å². The molecular formula is C11H10F3N3O3. The molecule has 9 heteroatoms. The van der Waals surface area contributed by atoms with E-state index in [1.165, 1.54) is 0 Å². The molecule has 0 bridgehead atoms. The maximum Gasteiger partial charge on any atom is 0.451 e. The first kappa shape index (κ1) is 14.2. The molecule has 0 aliphatic heterocycles. The van der Waals surface area contributed by atoms with Gasteiger partial charge < -0.3 is 10.4 Å². The molecule has 0 aromatic carbocycles. The number of halogens is 3. The Morgan fingerprint density at radius 1 is 1.25 bits per heavy atom. The average molecular weight is 289 g/mol. The average Bonchev–Trinajstić information content (AvgIpc) is 2.32. The highest BCUT2D eigenvalue weighted by Gasteiger charge is 2.46. The Bertz CT molecular complexity index is 538. The van der Waals surface area contributed by atoms with Crippen LogP contribution in [0.15, 0.2) is 12.4 Å². The third kappa shape index (κ3) is 2.56. The molecule has 108 valence electrons. The standard InChI is InChI=1S/C11H10F3N3O3/c12-11(13,14)8-15-4-6(5-16-8)7(18)17-10(9(19)20)2-1-3-10/h4-5H,1-3H2,(H,17,18)(H,19,20).